The molecule has 0 saturated heterocycles. The first-order valence-corrected chi connectivity index (χ1v) is 12.5. The Morgan fingerprint density at radius 1 is 1.41 bits per heavy atom. The monoisotopic (exact) mass is 459 g/mol. The van der Waals surface area contributed by atoms with E-state index in [1.807, 2.05) is 13.8 Å². The third-order valence-corrected chi connectivity index (χ3v) is 7.84. The molecule has 0 bridgehead atoms. The lowest BCUT2D eigenvalue weighted by atomic mass is 9.94. The lowest BCUT2D eigenvalue weighted by molar-refractivity contribution is 0.132. The quantitative estimate of drug-likeness (QED) is 0.728. The van der Waals surface area contributed by atoms with Gasteiger partial charge in [0.25, 0.3) is 0 Å². The molecular formula is C22H29N5O4S. The molecule has 5 rings (SSSR count). The minimum atomic E-state index is -3.53. The predicted molar refractivity (Wildman–Crippen MR) is 120 cm³/mol. The Morgan fingerprint density at radius 2 is 2.22 bits per heavy atom. The van der Waals surface area contributed by atoms with Crippen LogP contribution in [-0.4, -0.2) is 39.3 Å². The average molecular weight is 460 g/mol. The fraction of sp³-hybridized carbons (Fsp3) is 0.545. The summed E-state index contributed by atoms with van der Waals surface area (Å²) in [5.74, 6) is 0.522. The molecule has 0 fully saturated rings. The van der Waals surface area contributed by atoms with E-state index in [9.17, 15) is 9.00 Å². The van der Waals surface area contributed by atoms with E-state index in [0.717, 1.165) is 48.9 Å². The van der Waals surface area contributed by atoms with Crippen molar-refractivity contribution in [2.45, 2.75) is 68.9 Å². The summed E-state index contributed by atoms with van der Waals surface area (Å²) in [7, 11) is -1.84. The molecule has 2 aliphatic carbocycles. The Labute approximate surface area is 188 Å². The first-order chi connectivity index (χ1) is 15.2. The molecule has 1 aromatic carbocycles. The second-order valence-electron chi connectivity index (χ2n) is 9.43. The molecule has 0 saturated carbocycles. The number of fused-ring (bicyclic) bond motifs is 3. The molecule has 1 aromatic heterocycles. The molecular weight excluding hydrogens is 430 g/mol. The Balaban J connectivity index is 1.49. The molecule has 2 aromatic rings. The van der Waals surface area contributed by atoms with Crippen LogP contribution in [0.5, 0.6) is 5.88 Å². The average Bonchev–Trinajstić information content (AvgIpc) is 3.44. The summed E-state index contributed by atoms with van der Waals surface area (Å²) < 4.78 is 30.0. The Kier molecular flexibility index (Phi) is 5.06. The lowest BCUT2D eigenvalue weighted by Crippen LogP contribution is -2.27. The van der Waals surface area contributed by atoms with Gasteiger partial charge >= 0.3 is 6.03 Å². The largest absolute Gasteiger partial charge is 0.469 e. The van der Waals surface area contributed by atoms with Crippen LogP contribution >= 0.6 is 0 Å². The standard InChI is InChI=1S/C22H29N5O4S/c1-22(2)12-27-20(31-22)17(10-24-27)32(23,29)26-21(28)25-19-16-6-4-5-13(16)9-14-7-8-15(11-30-3)18(14)19/h9-10,15H,4-8,11-12H2,1-3H3,(H3,23,25,26,28,29)/t15-,32-/m1/s1. The maximum absolute atomic E-state index is 13.3. The predicted octanol–water partition coefficient (Wildman–Crippen LogP) is 3.15. The van der Waals surface area contributed by atoms with Crippen molar-refractivity contribution in [1.82, 2.24) is 9.78 Å². The number of carbonyl (C=O) groups is 1. The van der Waals surface area contributed by atoms with Gasteiger partial charge in [-0.3, -0.25) is 0 Å². The molecule has 3 N–H and O–H groups in total. The maximum Gasteiger partial charge on any atom is 0.354 e. The van der Waals surface area contributed by atoms with Crippen molar-refractivity contribution < 1.29 is 18.5 Å². The van der Waals surface area contributed by atoms with Crippen molar-refractivity contribution in [3.05, 3.63) is 34.5 Å². The minimum absolute atomic E-state index is 0.138. The van der Waals surface area contributed by atoms with Crippen molar-refractivity contribution in [2.24, 2.45) is 9.50 Å². The van der Waals surface area contributed by atoms with Gasteiger partial charge in [-0.05, 0) is 68.2 Å². The van der Waals surface area contributed by atoms with Crippen molar-refractivity contribution >= 4 is 21.6 Å². The summed E-state index contributed by atoms with van der Waals surface area (Å²) in [6, 6.07) is 1.56. The van der Waals surface area contributed by atoms with E-state index in [1.54, 1.807) is 11.8 Å². The molecule has 172 valence electrons. The molecule has 0 spiro atoms. The number of amides is 2. The van der Waals surface area contributed by atoms with Crippen molar-refractivity contribution in [3.63, 3.8) is 0 Å². The van der Waals surface area contributed by atoms with E-state index >= 15 is 0 Å². The van der Waals surface area contributed by atoms with Crippen LogP contribution in [0.4, 0.5) is 10.5 Å². The van der Waals surface area contributed by atoms with Gasteiger partial charge in [0.1, 0.15) is 10.5 Å². The summed E-state index contributed by atoms with van der Waals surface area (Å²) in [5.41, 5.74) is 5.11. The molecule has 2 amide bonds. The maximum atomic E-state index is 13.3. The van der Waals surface area contributed by atoms with Crippen LogP contribution in [0.1, 0.15) is 54.9 Å². The van der Waals surface area contributed by atoms with Gasteiger partial charge in [-0.15, -0.1) is 4.36 Å². The molecule has 1 aliphatic heterocycles. The highest BCUT2D eigenvalue weighted by molar-refractivity contribution is 7.91. The number of nitrogens with two attached hydrogens (primary N) is 1. The summed E-state index contributed by atoms with van der Waals surface area (Å²) in [6.45, 7) is 4.91. The molecule has 10 heteroatoms. The molecule has 2 atom stereocenters. The van der Waals surface area contributed by atoms with Crippen LogP contribution in [0.2, 0.25) is 0 Å². The van der Waals surface area contributed by atoms with Gasteiger partial charge in [0.05, 0.1) is 19.3 Å². The van der Waals surface area contributed by atoms with Gasteiger partial charge in [0.15, 0.2) is 9.92 Å². The van der Waals surface area contributed by atoms with Crippen LogP contribution in [-0.2, 0) is 40.5 Å². The number of ether oxygens (including phenoxy) is 2. The van der Waals surface area contributed by atoms with E-state index in [4.69, 9.17) is 14.6 Å². The number of urea groups is 1. The smallest absolute Gasteiger partial charge is 0.354 e. The summed E-state index contributed by atoms with van der Waals surface area (Å²) in [6.07, 6.45) is 6.26. The number of rotatable bonds is 4. The Bertz CT molecular complexity index is 1230. The number of aryl methyl sites for hydroxylation is 2. The number of nitrogens with zero attached hydrogens (tertiary/aromatic N) is 3. The summed E-state index contributed by atoms with van der Waals surface area (Å²) >= 11 is 0. The van der Waals surface area contributed by atoms with Gasteiger partial charge in [0.2, 0.25) is 5.88 Å². The number of methoxy groups -OCH3 is 1. The number of hydrogen-bond acceptors (Lipinski definition) is 5. The SMILES string of the molecule is COC[C@H]1CCc2cc3c(c(NC(=O)N=[S@@](N)(=O)c4cnn5c4OC(C)(C)C5)c21)CCC3. The molecule has 0 radical (unpaired) electrons. The molecule has 0 unspecified atom stereocenters. The number of nitrogens with one attached hydrogen (secondary N) is 1. The first-order valence-electron chi connectivity index (χ1n) is 11.0. The zero-order valence-electron chi connectivity index (χ0n) is 18.6. The minimum Gasteiger partial charge on any atom is -0.469 e. The van der Waals surface area contributed by atoms with E-state index < -0.39 is 21.5 Å². The van der Waals surface area contributed by atoms with E-state index in [2.05, 4.69) is 20.8 Å². The molecule has 32 heavy (non-hydrogen) atoms. The van der Waals surface area contributed by atoms with E-state index in [1.165, 1.54) is 17.3 Å². The first kappa shape index (κ1) is 21.4. The molecule has 9 nitrogen and oxygen atoms in total. The third-order valence-electron chi connectivity index (χ3n) is 6.49. The zero-order chi connectivity index (χ0) is 22.7. The highest BCUT2D eigenvalue weighted by Gasteiger charge is 2.36. The Hall–Kier alpha value is -2.43. The molecule has 2 heterocycles. The number of benzene rings is 1. The normalized spacial score (nSPS) is 21.9. The number of aromatic nitrogens is 2. The number of hydrogen-bond donors (Lipinski definition) is 2. The summed E-state index contributed by atoms with van der Waals surface area (Å²) in [5, 5.41) is 13.2. The van der Waals surface area contributed by atoms with Gasteiger partial charge in [-0.1, -0.05) is 6.07 Å². The zero-order valence-corrected chi connectivity index (χ0v) is 19.5. The van der Waals surface area contributed by atoms with Crippen molar-refractivity contribution in [3.8, 4) is 5.88 Å². The molecule has 3 aliphatic rings. The van der Waals surface area contributed by atoms with Crippen LogP contribution in [0, 0.1) is 0 Å². The van der Waals surface area contributed by atoms with Gasteiger partial charge < -0.3 is 14.8 Å². The van der Waals surface area contributed by atoms with Gasteiger partial charge in [-0.2, -0.15) is 5.10 Å². The summed E-state index contributed by atoms with van der Waals surface area (Å²) in [4.78, 5) is 13.1. The van der Waals surface area contributed by atoms with Crippen LogP contribution in [0.3, 0.4) is 0 Å². The topological polar surface area (TPSA) is 121 Å². The number of carbonyl (C=O) groups excluding carboxylic acids is 1. The highest BCUT2D eigenvalue weighted by Crippen LogP contribution is 2.44. The Morgan fingerprint density at radius 3 is 3.00 bits per heavy atom. The fourth-order valence-electron chi connectivity index (χ4n) is 5.21. The van der Waals surface area contributed by atoms with Crippen LogP contribution in [0.25, 0.3) is 0 Å². The van der Waals surface area contributed by atoms with Crippen molar-refractivity contribution in [2.75, 3.05) is 19.0 Å². The number of anilines is 1. The highest BCUT2D eigenvalue weighted by atomic mass is 32.2. The van der Waals surface area contributed by atoms with Crippen LogP contribution in [0.15, 0.2) is 21.5 Å². The second-order valence-corrected chi connectivity index (χ2v) is 11.2. The lowest BCUT2D eigenvalue weighted by Gasteiger charge is -2.19. The van der Waals surface area contributed by atoms with Crippen molar-refractivity contribution in [1.29, 1.82) is 0 Å². The fourth-order valence-corrected chi connectivity index (χ4v) is 6.20. The second kappa shape index (κ2) is 7.57. The third kappa shape index (κ3) is 3.60. The van der Waals surface area contributed by atoms with E-state index in [0.29, 0.717) is 19.0 Å². The van der Waals surface area contributed by atoms with E-state index in [-0.39, 0.29) is 10.8 Å². The van der Waals surface area contributed by atoms with Gasteiger partial charge in [0, 0.05) is 18.7 Å². The van der Waals surface area contributed by atoms with Crippen LogP contribution < -0.4 is 15.2 Å². The van der Waals surface area contributed by atoms with Gasteiger partial charge in [-0.25, -0.2) is 18.8 Å².